The molecule has 5 nitrogen and oxygen atoms in total. The van der Waals surface area contributed by atoms with Crippen molar-refractivity contribution in [3.05, 3.63) is 0 Å². The minimum absolute atomic E-state index is 0.104. The van der Waals surface area contributed by atoms with E-state index < -0.39 is 11.7 Å². The first-order valence-electron chi connectivity index (χ1n) is 7.01. The summed E-state index contributed by atoms with van der Waals surface area (Å²) in [6.07, 6.45) is 0.764. The highest BCUT2D eigenvalue weighted by atomic mass is 16.6. The number of hydrogen-bond acceptors (Lipinski definition) is 4. The fraction of sp³-hybridized carbons (Fsp3) is 0.929. The summed E-state index contributed by atoms with van der Waals surface area (Å²) in [5.74, 6) is 0. The van der Waals surface area contributed by atoms with Crippen molar-refractivity contribution in [2.75, 3.05) is 19.7 Å². The Morgan fingerprint density at radius 2 is 1.95 bits per heavy atom. The van der Waals surface area contributed by atoms with E-state index in [1.54, 1.807) is 4.90 Å². The predicted octanol–water partition coefficient (Wildman–Crippen LogP) is 1.78. The Morgan fingerprint density at radius 1 is 1.37 bits per heavy atom. The van der Waals surface area contributed by atoms with Gasteiger partial charge in [0.2, 0.25) is 0 Å². The molecule has 0 aromatic heterocycles. The minimum atomic E-state index is -0.462. The van der Waals surface area contributed by atoms with Gasteiger partial charge in [0.25, 0.3) is 0 Å². The van der Waals surface area contributed by atoms with Gasteiger partial charge in [0.05, 0.1) is 18.8 Å². The lowest BCUT2D eigenvalue weighted by atomic mass is 9.75. The largest absolute Gasteiger partial charge is 0.444 e. The molecule has 1 spiro atoms. The molecule has 2 aliphatic rings. The monoisotopic (exact) mass is 271 g/mol. The van der Waals surface area contributed by atoms with E-state index >= 15 is 0 Å². The van der Waals surface area contributed by atoms with Crippen LogP contribution < -0.4 is 0 Å². The van der Waals surface area contributed by atoms with Crippen LogP contribution in [0.3, 0.4) is 0 Å². The number of aliphatic hydroxyl groups excluding tert-OH is 1. The summed E-state index contributed by atoms with van der Waals surface area (Å²) >= 11 is 0. The summed E-state index contributed by atoms with van der Waals surface area (Å²) in [7, 11) is 0. The van der Waals surface area contributed by atoms with Gasteiger partial charge in [0.1, 0.15) is 5.60 Å². The second-order valence-corrected chi connectivity index (χ2v) is 6.79. The lowest BCUT2D eigenvalue weighted by Crippen LogP contribution is -2.49. The molecule has 2 rings (SSSR count). The Kier molecular flexibility index (Phi) is 3.80. The summed E-state index contributed by atoms with van der Waals surface area (Å²) in [5.41, 5.74) is -0.630. The molecule has 1 N–H and O–H groups in total. The standard InChI is InChI=1S/C14H25NO4/c1-10-11(16)14(9-18-10)5-7-15(8-6-14)12(17)19-13(2,3)4/h10-11,16H,5-9H2,1-4H3. The van der Waals surface area contributed by atoms with Crippen molar-refractivity contribution in [1.29, 1.82) is 0 Å². The topological polar surface area (TPSA) is 59.0 Å². The van der Waals surface area contributed by atoms with Crippen molar-refractivity contribution in [3.63, 3.8) is 0 Å². The average Bonchev–Trinajstić information content (AvgIpc) is 2.57. The highest BCUT2D eigenvalue weighted by Crippen LogP contribution is 2.42. The van der Waals surface area contributed by atoms with Crippen molar-refractivity contribution in [3.8, 4) is 0 Å². The van der Waals surface area contributed by atoms with Crippen molar-refractivity contribution >= 4 is 6.09 Å². The minimum Gasteiger partial charge on any atom is -0.444 e. The van der Waals surface area contributed by atoms with E-state index in [4.69, 9.17) is 9.47 Å². The van der Waals surface area contributed by atoms with E-state index in [0.29, 0.717) is 19.7 Å². The Morgan fingerprint density at radius 3 is 2.37 bits per heavy atom. The number of nitrogens with zero attached hydrogens (tertiary/aromatic N) is 1. The van der Waals surface area contributed by atoms with Gasteiger partial charge in [-0.05, 0) is 40.5 Å². The first-order chi connectivity index (χ1) is 8.73. The molecule has 0 saturated carbocycles. The normalized spacial score (nSPS) is 30.7. The third-order valence-corrected chi connectivity index (χ3v) is 4.12. The van der Waals surface area contributed by atoms with Crippen LogP contribution in [0.4, 0.5) is 4.79 Å². The molecule has 19 heavy (non-hydrogen) atoms. The molecule has 1 amide bonds. The van der Waals surface area contributed by atoms with Crippen LogP contribution in [0, 0.1) is 5.41 Å². The number of piperidine rings is 1. The number of aliphatic hydroxyl groups is 1. The molecule has 2 aliphatic heterocycles. The number of amides is 1. The molecule has 0 aromatic rings. The molecule has 2 fully saturated rings. The molecule has 2 unspecified atom stereocenters. The van der Waals surface area contributed by atoms with E-state index in [1.807, 2.05) is 27.7 Å². The zero-order chi connectivity index (χ0) is 14.3. The fourth-order valence-electron chi connectivity index (χ4n) is 2.87. The molecule has 2 atom stereocenters. The number of hydrogen-bond donors (Lipinski definition) is 1. The molecule has 110 valence electrons. The van der Waals surface area contributed by atoms with Gasteiger partial charge >= 0.3 is 6.09 Å². The van der Waals surface area contributed by atoms with E-state index in [-0.39, 0.29) is 17.6 Å². The summed E-state index contributed by atoms with van der Waals surface area (Å²) < 4.78 is 10.9. The highest BCUT2D eigenvalue weighted by Gasteiger charge is 2.49. The molecular weight excluding hydrogens is 246 g/mol. The van der Waals surface area contributed by atoms with Gasteiger partial charge < -0.3 is 19.5 Å². The Hall–Kier alpha value is -0.810. The second-order valence-electron chi connectivity index (χ2n) is 6.79. The first-order valence-corrected chi connectivity index (χ1v) is 7.01. The zero-order valence-corrected chi connectivity index (χ0v) is 12.3. The van der Waals surface area contributed by atoms with Crippen molar-refractivity contribution in [2.45, 2.75) is 58.3 Å². The smallest absolute Gasteiger partial charge is 0.410 e. The van der Waals surface area contributed by atoms with Gasteiger partial charge in [-0.3, -0.25) is 0 Å². The van der Waals surface area contributed by atoms with Gasteiger partial charge in [-0.2, -0.15) is 0 Å². The summed E-state index contributed by atoms with van der Waals surface area (Å²) in [4.78, 5) is 13.7. The third-order valence-electron chi connectivity index (χ3n) is 4.12. The second kappa shape index (κ2) is 4.94. The van der Waals surface area contributed by atoms with Crippen LogP contribution in [-0.4, -0.2) is 53.6 Å². The van der Waals surface area contributed by atoms with Crippen molar-refractivity contribution in [2.24, 2.45) is 5.41 Å². The Bertz CT molecular complexity index is 342. The Balaban J connectivity index is 1.91. The number of likely N-dealkylation sites (tertiary alicyclic amines) is 1. The number of ether oxygens (including phenoxy) is 2. The highest BCUT2D eigenvalue weighted by molar-refractivity contribution is 5.68. The van der Waals surface area contributed by atoms with Crippen molar-refractivity contribution in [1.82, 2.24) is 4.90 Å². The lowest BCUT2D eigenvalue weighted by molar-refractivity contribution is -0.0162. The molecule has 0 aliphatic carbocycles. The van der Waals surface area contributed by atoms with Gasteiger partial charge in [-0.15, -0.1) is 0 Å². The van der Waals surface area contributed by atoms with Crippen LogP contribution in [0.25, 0.3) is 0 Å². The Labute approximate surface area is 114 Å². The average molecular weight is 271 g/mol. The van der Waals surface area contributed by atoms with Crippen LogP contribution in [0.5, 0.6) is 0 Å². The van der Waals surface area contributed by atoms with E-state index in [0.717, 1.165) is 12.8 Å². The first kappa shape index (κ1) is 14.6. The lowest BCUT2D eigenvalue weighted by Gasteiger charge is -2.40. The van der Waals surface area contributed by atoms with E-state index in [9.17, 15) is 9.90 Å². The van der Waals surface area contributed by atoms with Crippen molar-refractivity contribution < 1.29 is 19.4 Å². The molecule has 2 saturated heterocycles. The summed E-state index contributed by atoms with van der Waals surface area (Å²) in [5, 5.41) is 10.2. The maximum atomic E-state index is 12.0. The maximum Gasteiger partial charge on any atom is 0.410 e. The number of carbonyl (C=O) groups excluding carboxylic acids is 1. The van der Waals surface area contributed by atoms with Gasteiger partial charge in [-0.25, -0.2) is 4.79 Å². The fourth-order valence-corrected chi connectivity index (χ4v) is 2.87. The molecule has 0 aromatic carbocycles. The molecule has 5 heteroatoms. The number of rotatable bonds is 0. The summed E-state index contributed by atoms with van der Waals surface area (Å²) in [6.45, 7) is 9.35. The van der Waals surface area contributed by atoms with Crippen LogP contribution in [0.15, 0.2) is 0 Å². The molecule has 0 radical (unpaired) electrons. The molecule has 2 heterocycles. The molecular formula is C14H25NO4. The van der Waals surface area contributed by atoms with Crippen LogP contribution in [-0.2, 0) is 9.47 Å². The predicted molar refractivity (Wildman–Crippen MR) is 70.9 cm³/mol. The zero-order valence-electron chi connectivity index (χ0n) is 12.3. The molecule has 0 bridgehead atoms. The van der Waals surface area contributed by atoms with Crippen LogP contribution >= 0.6 is 0 Å². The summed E-state index contributed by atoms with van der Waals surface area (Å²) in [6, 6.07) is 0. The van der Waals surface area contributed by atoms with Gasteiger partial charge in [-0.1, -0.05) is 0 Å². The third kappa shape index (κ3) is 3.03. The van der Waals surface area contributed by atoms with E-state index in [1.165, 1.54) is 0 Å². The quantitative estimate of drug-likeness (QED) is 0.729. The maximum absolute atomic E-state index is 12.0. The van der Waals surface area contributed by atoms with Crippen LogP contribution in [0.2, 0.25) is 0 Å². The number of carbonyl (C=O) groups is 1. The van der Waals surface area contributed by atoms with E-state index in [2.05, 4.69) is 0 Å². The van der Waals surface area contributed by atoms with Gasteiger partial charge in [0.15, 0.2) is 0 Å². The SMILES string of the molecule is CC1OCC2(CCN(C(=O)OC(C)(C)C)CC2)C1O. The van der Waals surface area contributed by atoms with Gasteiger partial charge in [0, 0.05) is 18.5 Å². The van der Waals surface area contributed by atoms with Crippen LogP contribution in [0.1, 0.15) is 40.5 Å².